The number of carbonyl (C=O) groups excluding carboxylic acids is 2. The molecule has 0 aromatic heterocycles. The molecular weight excluding hydrogens is 508 g/mol. The SMILES string of the molecule is C=C(C)c1ccc(C(C)(C)NC(=O)OCCOC(C)OCCOC(=O)NC(C)(C)c2ccc(C(=C)C)cc2)cc1. The third-order valence-electron chi connectivity index (χ3n) is 6.37. The molecule has 0 radical (unpaired) electrons. The summed E-state index contributed by atoms with van der Waals surface area (Å²) < 4.78 is 21.5. The number of ether oxygens (including phenoxy) is 4. The summed E-state index contributed by atoms with van der Waals surface area (Å²) in [5.41, 5.74) is 4.74. The van der Waals surface area contributed by atoms with Gasteiger partial charge in [-0.15, -0.1) is 0 Å². The van der Waals surface area contributed by atoms with Crippen LogP contribution in [0.1, 0.15) is 70.7 Å². The molecule has 0 saturated heterocycles. The van der Waals surface area contributed by atoms with Gasteiger partial charge in [0.1, 0.15) is 13.2 Å². The van der Waals surface area contributed by atoms with E-state index in [1.807, 2.05) is 90.1 Å². The molecule has 0 heterocycles. The zero-order valence-corrected chi connectivity index (χ0v) is 24.9. The van der Waals surface area contributed by atoms with E-state index in [0.29, 0.717) is 0 Å². The maximum Gasteiger partial charge on any atom is 0.407 e. The van der Waals surface area contributed by atoms with Crippen molar-refractivity contribution in [2.24, 2.45) is 0 Å². The Bertz CT molecular complexity index is 1060. The predicted molar refractivity (Wildman–Crippen MR) is 159 cm³/mol. The maximum absolute atomic E-state index is 12.3. The minimum absolute atomic E-state index is 0.0611. The Morgan fingerprint density at radius 1 is 0.675 bits per heavy atom. The molecule has 0 aliphatic heterocycles. The molecule has 0 bridgehead atoms. The summed E-state index contributed by atoms with van der Waals surface area (Å²) >= 11 is 0. The van der Waals surface area contributed by atoms with Gasteiger partial charge in [-0.1, -0.05) is 72.8 Å². The Morgan fingerprint density at radius 3 is 1.30 bits per heavy atom. The maximum atomic E-state index is 12.3. The Labute approximate surface area is 238 Å². The van der Waals surface area contributed by atoms with Crippen molar-refractivity contribution >= 4 is 23.3 Å². The fraction of sp³-hybridized carbons (Fsp3) is 0.438. The number of hydrogen-bond donors (Lipinski definition) is 2. The smallest absolute Gasteiger partial charge is 0.407 e. The van der Waals surface area contributed by atoms with E-state index >= 15 is 0 Å². The van der Waals surface area contributed by atoms with Crippen molar-refractivity contribution in [3.05, 3.63) is 83.9 Å². The minimum atomic E-state index is -0.612. The zero-order chi connectivity index (χ0) is 29.9. The highest BCUT2D eigenvalue weighted by atomic mass is 16.7. The molecule has 2 N–H and O–H groups in total. The largest absolute Gasteiger partial charge is 0.447 e. The zero-order valence-electron chi connectivity index (χ0n) is 24.9. The number of benzene rings is 2. The summed E-state index contributed by atoms with van der Waals surface area (Å²) in [6, 6.07) is 15.8. The van der Waals surface area contributed by atoms with Crippen LogP contribution in [0.15, 0.2) is 61.7 Å². The van der Waals surface area contributed by atoms with Gasteiger partial charge in [0.15, 0.2) is 6.29 Å². The third-order valence-corrected chi connectivity index (χ3v) is 6.37. The van der Waals surface area contributed by atoms with E-state index in [0.717, 1.165) is 33.4 Å². The number of hydrogen-bond acceptors (Lipinski definition) is 6. The highest BCUT2D eigenvalue weighted by Gasteiger charge is 2.24. The normalized spacial score (nSPS) is 11.6. The second kappa shape index (κ2) is 14.7. The van der Waals surface area contributed by atoms with E-state index in [4.69, 9.17) is 18.9 Å². The van der Waals surface area contributed by atoms with E-state index in [1.165, 1.54) is 0 Å². The lowest BCUT2D eigenvalue weighted by molar-refractivity contribution is -0.141. The standard InChI is InChI=1S/C32H44N2O6/c1-22(2)25-10-14-27(15-11-25)31(6,7)33-29(35)39-20-18-37-24(5)38-19-21-40-30(36)34-32(8,9)28-16-12-26(13-17-28)23(3)4/h10-17,24H,1,3,18-21H2,2,4-9H3,(H,33,35)(H,34,36). The van der Waals surface area contributed by atoms with Crippen molar-refractivity contribution in [1.82, 2.24) is 10.6 Å². The fourth-order valence-corrected chi connectivity index (χ4v) is 3.81. The predicted octanol–water partition coefficient (Wildman–Crippen LogP) is 6.75. The summed E-state index contributed by atoms with van der Waals surface area (Å²) in [6.07, 6.45) is -1.65. The fourth-order valence-electron chi connectivity index (χ4n) is 3.81. The second-order valence-corrected chi connectivity index (χ2v) is 10.8. The van der Waals surface area contributed by atoms with E-state index in [2.05, 4.69) is 23.8 Å². The first-order valence-electron chi connectivity index (χ1n) is 13.4. The van der Waals surface area contributed by atoms with Gasteiger partial charge < -0.3 is 29.6 Å². The van der Waals surface area contributed by atoms with Crippen LogP contribution < -0.4 is 10.6 Å². The number of carbonyl (C=O) groups is 2. The van der Waals surface area contributed by atoms with Crippen molar-refractivity contribution in [3.8, 4) is 0 Å². The lowest BCUT2D eigenvalue weighted by atomic mass is 9.93. The number of allylic oxidation sites excluding steroid dienone is 2. The first-order chi connectivity index (χ1) is 18.7. The molecule has 8 heteroatoms. The Morgan fingerprint density at radius 2 is 1.00 bits per heavy atom. The van der Waals surface area contributed by atoms with Crippen molar-refractivity contribution in [2.75, 3.05) is 26.4 Å². The summed E-state index contributed by atoms with van der Waals surface area (Å²) in [4.78, 5) is 24.5. The van der Waals surface area contributed by atoms with Crippen LogP contribution >= 0.6 is 0 Å². The van der Waals surface area contributed by atoms with Crippen LogP contribution in [0.2, 0.25) is 0 Å². The lowest BCUT2D eigenvalue weighted by Crippen LogP contribution is -2.41. The van der Waals surface area contributed by atoms with E-state index < -0.39 is 29.6 Å². The van der Waals surface area contributed by atoms with Crippen molar-refractivity contribution in [1.29, 1.82) is 0 Å². The molecule has 40 heavy (non-hydrogen) atoms. The van der Waals surface area contributed by atoms with E-state index in [-0.39, 0.29) is 26.4 Å². The van der Waals surface area contributed by atoms with Crippen molar-refractivity contribution in [3.63, 3.8) is 0 Å². The van der Waals surface area contributed by atoms with Gasteiger partial charge in [-0.2, -0.15) is 0 Å². The molecule has 0 fully saturated rings. The lowest BCUT2D eigenvalue weighted by Gasteiger charge is -2.27. The van der Waals surface area contributed by atoms with Crippen LogP contribution in [0.25, 0.3) is 11.1 Å². The number of rotatable bonds is 14. The molecule has 0 saturated carbocycles. The van der Waals surface area contributed by atoms with Gasteiger partial charge >= 0.3 is 12.2 Å². The summed E-state index contributed by atoms with van der Waals surface area (Å²) in [5, 5.41) is 5.73. The molecule has 218 valence electrons. The summed E-state index contributed by atoms with van der Waals surface area (Å²) in [6.45, 7) is 21.5. The molecule has 8 nitrogen and oxygen atoms in total. The van der Waals surface area contributed by atoms with Gasteiger partial charge in [-0.25, -0.2) is 9.59 Å². The molecule has 2 rings (SSSR count). The first kappa shape index (κ1) is 32.6. The Hall–Kier alpha value is -3.62. The van der Waals surface area contributed by atoms with Crippen LogP contribution in [0.3, 0.4) is 0 Å². The van der Waals surface area contributed by atoms with E-state index in [9.17, 15) is 9.59 Å². The van der Waals surface area contributed by atoms with E-state index in [1.54, 1.807) is 6.92 Å². The average molecular weight is 553 g/mol. The molecule has 0 spiro atoms. The van der Waals surface area contributed by atoms with Crippen molar-refractivity contribution < 1.29 is 28.5 Å². The van der Waals surface area contributed by atoms with Crippen LogP contribution in [0.5, 0.6) is 0 Å². The molecule has 2 aromatic carbocycles. The van der Waals surface area contributed by atoms with Gasteiger partial charge in [-0.3, -0.25) is 0 Å². The summed E-state index contributed by atoms with van der Waals surface area (Å²) in [5.74, 6) is 0. The monoisotopic (exact) mass is 552 g/mol. The van der Waals surface area contributed by atoms with Crippen LogP contribution in [0.4, 0.5) is 9.59 Å². The highest BCUT2D eigenvalue weighted by Crippen LogP contribution is 2.23. The van der Waals surface area contributed by atoms with Crippen LogP contribution in [-0.4, -0.2) is 44.9 Å². The number of amides is 2. The molecule has 0 unspecified atom stereocenters. The summed E-state index contributed by atoms with van der Waals surface area (Å²) in [7, 11) is 0. The number of alkyl carbamates (subject to hydrolysis) is 2. The van der Waals surface area contributed by atoms with Crippen molar-refractivity contribution in [2.45, 2.75) is 65.8 Å². The molecule has 2 amide bonds. The molecule has 0 aliphatic carbocycles. The quantitative estimate of drug-likeness (QED) is 0.199. The van der Waals surface area contributed by atoms with Gasteiger partial charge in [0.25, 0.3) is 0 Å². The Kier molecular flexibility index (Phi) is 12.0. The highest BCUT2D eigenvalue weighted by molar-refractivity contribution is 5.69. The van der Waals surface area contributed by atoms with Gasteiger partial charge in [0.05, 0.1) is 24.3 Å². The average Bonchev–Trinajstić information content (AvgIpc) is 2.88. The molecular formula is C32H44N2O6. The molecule has 0 atom stereocenters. The van der Waals surface area contributed by atoms with Gasteiger partial charge in [-0.05, 0) is 70.7 Å². The Balaban J connectivity index is 1.62. The molecule has 2 aromatic rings. The second-order valence-electron chi connectivity index (χ2n) is 10.8. The third kappa shape index (κ3) is 10.5. The minimum Gasteiger partial charge on any atom is -0.447 e. The molecule has 0 aliphatic rings. The van der Waals surface area contributed by atoms with Gasteiger partial charge in [0.2, 0.25) is 0 Å². The van der Waals surface area contributed by atoms with Gasteiger partial charge in [0, 0.05) is 0 Å². The van der Waals surface area contributed by atoms with Crippen LogP contribution in [-0.2, 0) is 30.0 Å². The number of nitrogens with one attached hydrogen (secondary N) is 2. The first-order valence-corrected chi connectivity index (χ1v) is 13.4. The topological polar surface area (TPSA) is 95.1 Å². The van der Waals surface area contributed by atoms with Crippen LogP contribution in [0, 0.1) is 0 Å².